The summed E-state index contributed by atoms with van der Waals surface area (Å²) in [6.45, 7) is -0.103. The highest BCUT2D eigenvalue weighted by Crippen LogP contribution is 2.31. The predicted molar refractivity (Wildman–Crippen MR) is 68.3 cm³/mol. The lowest BCUT2D eigenvalue weighted by Gasteiger charge is -2.16. The minimum absolute atomic E-state index is 0.103. The molecule has 0 unspecified atom stereocenters. The zero-order valence-corrected chi connectivity index (χ0v) is 10.3. The van der Waals surface area contributed by atoms with E-state index in [1.807, 2.05) is 0 Å². The first-order valence-electron chi connectivity index (χ1n) is 5.97. The van der Waals surface area contributed by atoms with Gasteiger partial charge in [-0.2, -0.15) is 0 Å². The highest BCUT2D eigenvalue weighted by Gasteiger charge is 2.36. The Morgan fingerprint density at radius 3 is 2.50 bits per heavy atom. The number of benzene rings is 2. The fourth-order valence-electron chi connectivity index (χ4n) is 2.22. The molecule has 100 valence electrons. The van der Waals surface area contributed by atoms with Crippen molar-refractivity contribution in [2.24, 2.45) is 0 Å². The number of ketones is 1. The minimum atomic E-state index is -0.770. The average molecular weight is 273 g/mol. The van der Waals surface area contributed by atoms with Crippen molar-refractivity contribution in [3.05, 3.63) is 65.2 Å². The van der Waals surface area contributed by atoms with Crippen molar-refractivity contribution in [3.63, 3.8) is 0 Å². The molecule has 2 aromatic carbocycles. The summed E-state index contributed by atoms with van der Waals surface area (Å²) in [6, 6.07) is 9.45. The summed E-state index contributed by atoms with van der Waals surface area (Å²) in [7, 11) is 0. The Morgan fingerprint density at radius 2 is 1.75 bits per heavy atom. The van der Waals surface area contributed by atoms with E-state index >= 15 is 0 Å². The van der Waals surface area contributed by atoms with Gasteiger partial charge in [0.2, 0.25) is 0 Å². The van der Waals surface area contributed by atoms with Crippen molar-refractivity contribution in [2.75, 3.05) is 4.90 Å². The Kier molecular flexibility index (Phi) is 2.82. The molecule has 3 rings (SSSR count). The Morgan fingerprint density at radius 1 is 1.00 bits per heavy atom. The second-order valence-electron chi connectivity index (χ2n) is 4.47. The van der Waals surface area contributed by atoms with Crippen LogP contribution in [0.2, 0.25) is 0 Å². The number of Topliss-reactive ketones (excluding diaryl/α,β-unsaturated/α-hetero) is 1. The van der Waals surface area contributed by atoms with Gasteiger partial charge >= 0.3 is 0 Å². The Bertz CT molecular complexity index is 728. The van der Waals surface area contributed by atoms with Gasteiger partial charge in [-0.1, -0.05) is 18.2 Å². The maximum absolute atomic E-state index is 13.6. The number of carbonyl (C=O) groups excluding carboxylic acids is 2. The van der Waals surface area contributed by atoms with Gasteiger partial charge in [0.15, 0.2) is 0 Å². The van der Waals surface area contributed by atoms with Crippen molar-refractivity contribution in [1.29, 1.82) is 0 Å². The SMILES string of the molecule is O=C1C(=O)N(Cc2ccccc2F)c2cc(F)ccc21. The molecule has 0 saturated carbocycles. The van der Waals surface area contributed by atoms with Crippen LogP contribution in [0.25, 0.3) is 0 Å². The van der Waals surface area contributed by atoms with Gasteiger partial charge in [-0.15, -0.1) is 0 Å². The number of halogens is 2. The van der Waals surface area contributed by atoms with E-state index < -0.39 is 23.3 Å². The van der Waals surface area contributed by atoms with Crippen LogP contribution < -0.4 is 4.90 Å². The van der Waals surface area contributed by atoms with E-state index in [1.54, 1.807) is 6.07 Å². The first-order valence-corrected chi connectivity index (χ1v) is 5.97. The quantitative estimate of drug-likeness (QED) is 0.789. The zero-order chi connectivity index (χ0) is 14.3. The van der Waals surface area contributed by atoms with Crippen LogP contribution in [0.5, 0.6) is 0 Å². The van der Waals surface area contributed by atoms with Crippen LogP contribution in [-0.4, -0.2) is 11.7 Å². The van der Waals surface area contributed by atoms with Crippen LogP contribution in [0.1, 0.15) is 15.9 Å². The van der Waals surface area contributed by atoms with Crippen LogP contribution >= 0.6 is 0 Å². The summed E-state index contributed by atoms with van der Waals surface area (Å²) in [5.74, 6) is -2.49. The second kappa shape index (κ2) is 4.52. The molecule has 0 saturated heterocycles. The van der Waals surface area contributed by atoms with Gasteiger partial charge in [-0.3, -0.25) is 9.59 Å². The van der Waals surface area contributed by atoms with E-state index in [-0.39, 0.29) is 23.4 Å². The molecule has 0 spiro atoms. The first-order chi connectivity index (χ1) is 9.58. The number of anilines is 1. The molecule has 0 bridgehead atoms. The van der Waals surface area contributed by atoms with E-state index in [9.17, 15) is 18.4 Å². The molecular formula is C15H9F2NO2. The third kappa shape index (κ3) is 1.87. The minimum Gasteiger partial charge on any atom is -0.300 e. The van der Waals surface area contributed by atoms with E-state index in [4.69, 9.17) is 0 Å². The number of hydrogen-bond donors (Lipinski definition) is 0. The lowest BCUT2D eigenvalue weighted by Crippen LogP contribution is -2.29. The number of amides is 1. The molecule has 1 aliphatic heterocycles. The normalized spacial score (nSPS) is 13.8. The second-order valence-corrected chi connectivity index (χ2v) is 4.47. The lowest BCUT2D eigenvalue weighted by molar-refractivity contribution is -0.114. The summed E-state index contributed by atoms with van der Waals surface area (Å²) >= 11 is 0. The zero-order valence-electron chi connectivity index (χ0n) is 10.3. The standard InChI is InChI=1S/C15H9F2NO2/c16-10-5-6-11-13(7-10)18(15(20)14(11)19)8-9-3-1-2-4-12(9)17/h1-7H,8H2. The maximum atomic E-state index is 13.6. The van der Waals surface area contributed by atoms with Gasteiger partial charge in [-0.05, 0) is 24.3 Å². The predicted octanol–water partition coefficient (Wildman–Crippen LogP) is 2.69. The van der Waals surface area contributed by atoms with Crippen LogP contribution in [0.4, 0.5) is 14.5 Å². The molecule has 0 atom stereocenters. The number of hydrogen-bond acceptors (Lipinski definition) is 2. The van der Waals surface area contributed by atoms with Gasteiger partial charge in [0.25, 0.3) is 11.7 Å². The molecule has 0 fully saturated rings. The lowest BCUT2D eigenvalue weighted by atomic mass is 10.1. The summed E-state index contributed by atoms with van der Waals surface area (Å²) in [6.07, 6.45) is 0. The molecule has 0 N–H and O–H groups in total. The fourth-order valence-corrected chi connectivity index (χ4v) is 2.22. The Labute approximate surface area is 113 Å². The van der Waals surface area contributed by atoms with Crippen LogP contribution in [0, 0.1) is 11.6 Å². The Balaban J connectivity index is 2.03. The van der Waals surface area contributed by atoms with Crippen molar-refractivity contribution in [3.8, 4) is 0 Å². The van der Waals surface area contributed by atoms with Crippen LogP contribution in [0.3, 0.4) is 0 Å². The molecule has 1 heterocycles. The molecule has 1 amide bonds. The number of rotatable bonds is 2. The van der Waals surface area contributed by atoms with Crippen molar-refractivity contribution < 1.29 is 18.4 Å². The van der Waals surface area contributed by atoms with Gasteiger partial charge < -0.3 is 4.90 Å². The van der Waals surface area contributed by atoms with Crippen LogP contribution in [0.15, 0.2) is 42.5 Å². The molecule has 20 heavy (non-hydrogen) atoms. The molecule has 2 aromatic rings. The molecule has 0 aliphatic carbocycles. The number of nitrogens with zero attached hydrogens (tertiary/aromatic N) is 1. The van der Waals surface area contributed by atoms with Crippen molar-refractivity contribution in [2.45, 2.75) is 6.54 Å². The number of carbonyl (C=O) groups is 2. The van der Waals surface area contributed by atoms with Gasteiger partial charge in [0.05, 0.1) is 17.8 Å². The highest BCUT2D eigenvalue weighted by atomic mass is 19.1. The molecule has 0 radical (unpaired) electrons. The molecular weight excluding hydrogens is 264 g/mol. The van der Waals surface area contributed by atoms with Crippen molar-refractivity contribution in [1.82, 2.24) is 0 Å². The van der Waals surface area contributed by atoms with Gasteiger partial charge in [0.1, 0.15) is 11.6 Å². The third-order valence-corrected chi connectivity index (χ3v) is 3.22. The molecule has 5 heteroatoms. The van der Waals surface area contributed by atoms with E-state index in [2.05, 4.69) is 0 Å². The summed E-state index contributed by atoms with van der Waals surface area (Å²) in [4.78, 5) is 24.8. The van der Waals surface area contributed by atoms with E-state index in [0.717, 1.165) is 17.0 Å². The molecule has 1 aliphatic rings. The van der Waals surface area contributed by atoms with Gasteiger partial charge in [0, 0.05) is 5.56 Å². The monoisotopic (exact) mass is 273 g/mol. The third-order valence-electron chi connectivity index (χ3n) is 3.22. The van der Waals surface area contributed by atoms with Crippen LogP contribution in [-0.2, 0) is 11.3 Å². The Hall–Kier alpha value is -2.56. The van der Waals surface area contributed by atoms with Crippen molar-refractivity contribution >= 4 is 17.4 Å². The molecule has 0 aromatic heterocycles. The summed E-state index contributed by atoms with van der Waals surface area (Å²) in [5.41, 5.74) is 0.599. The topological polar surface area (TPSA) is 37.4 Å². The largest absolute Gasteiger partial charge is 0.300 e. The van der Waals surface area contributed by atoms with E-state index in [0.29, 0.717) is 0 Å². The average Bonchev–Trinajstić information content (AvgIpc) is 2.66. The van der Waals surface area contributed by atoms with Gasteiger partial charge in [-0.25, -0.2) is 8.78 Å². The smallest absolute Gasteiger partial charge is 0.299 e. The summed E-state index contributed by atoms with van der Waals surface area (Å²) in [5, 5.41) is 0. The highest BCUT2D eigenvalue weighted by molar-refractivity contribution is 6.52. The first kappa shape index (κ1) is 12.5. The fraction of sp³-hybridized carbons (Fsp3) is 0.0667. The number of fused-ring (bicyclic) bond motifs is 1. The molecule has 3 nitrogen and oxygen atoms in total. The summed E-state index contributed by atoms with van der Waals surface area (Å²) < 4.78 is 26.9. The maximum Gasteiger partial charge on any atom is 0.299 e. The van der Waals surface area contributed by atoms with E-state index in [1.165, 1.54) is 24.3 Å².